The number of halogens is 1. The van der Waals surface area contributed by atoms with Crippen molar-refractivity contribution in [3.05, 3.63) is 76.7 Å². The van der Waals surface area contributed by atoms with Gasteiger partial charge in [0.15, 0.2) is 0 Å². The van der Waals surface area contributed by atoms with Gasteiger partial charge >= 0.3 is 0 Å². The number of nitrogens with zero attached hydrogens (tertiary/aromatic N) is 2. The highest BCUT2D eigenvalue weighted by molar-refractivity contribution is 6.35. The zero-order chi connectivity index (χ0) is 19.6. The average molecular weight is 368 g/mol. The first-order valence-corrected chi connectivity index (χ1v) is 8.66. The lowest BCUT2D eigenvalue weighted by Crippen LogP contribution is -2.34. The van der Waals surface area contributed by atoms with Crippen LogP contribution in [0.5, 0.6) is 0 Å². The fourth-order valence-electron chi connectivity index (χ4n) is 3.08. The predicted molar refractivity (Wildman–Crippen MR) is 99.8 cm³/mol. The van der Waals surface area contributed by atoms with Crippen LogP contribution in [0.2, 0.25) is 0 Å². The smallest absolute Gasteiger partial charge is 0.278 e. The lowest BCUT2D eigenvalue weighted by molar-refractivity contribution is -0.138. The van der Waals surface area contributed by atoms with Crippen LogP contribution in [0.25, 0.3) is 5.57 Å². The second kappa shape index (κ2) is 7.72. The number of carbonyl (C=O) groups excluding carboxylic acids is 2. The van der Waals surface area contributed by atoms with E-state index in [-0.39, 0.29) is 31.2 Å². The molecule has 6 heteroatoms. The molecule has 0 unspecified atom stereocenters. The molecule has 3 rings (SSSR count). The summed E-state index contributed by atoms with van der Waals surface area (Å²) in [4.78, 5) is 28.8. The van der Waals surface area contributed by atoms with Crippen molar-refractivity contribution < 1.29 is 19.1 Å². The Morgan fingerprint density at radius 3 is 2.22 bits per heavy atom. The number of aliphatic hydroxyl groups is 1. The summed E-state index contributed by atoms with van der Waals surface area (Å²) in [6.45, 7) is 2.10. The van der Waals surface area contributed by atoms with Crippen LogP contribution < -0.4 is 0 Å². The summed E-state index contributed by atoms with van der Waals surface area (Å²) < 4.78 is 13.1. The third-order valence-corrected chi connectivity index (χ3v) is 4.55. The van der Waals surface area contributed by atoms with Crippen LogP contribution in [0.3, 0.4) is 0 Å². The van der Waals surface area contributed by atoms with Crippen molar-refractivity contribution in [3.63, 3.8) is 0 Å². The van der Waals surface area contributed by atoms with E-state index in [0.29, 0.717) is 16.7 Å². The van der Waals surface area contributed by atoms with Gasteiger partial charge in [0.25, 0.3) is 11.8 Å². The number of benzene rings is 2. The van der Waals surface area contributed by atoms with Crippen LogP contribution in [-0.2, 0) is 16.1 Å². The van der Waals surface area contributed by atoms with Gasteiger partial charge in [0, 0.05) is 13.6 Å². The average Bonchev–Trinajstić information content (AvgIpc) is 2.89. The molecular weight excluding hydrogens is 347 g/mol. The molecular formula is C21H21FN2O3. The molecule has 1 N–H and O–H groups in total. The Morgan fingerprint density at radius 1 is 1.00 bits per heavy atom. The standard InChI is InChI=1S/C21H21FN2O3/c1-14-3-7-16(8-4-14)18-19(23(2)11-12-25)21(27)24(20(18)26)13-15-5-9-17(22)10-6-15/h3-10,25H,11-13H2,1-2H3. The number of carbonyl (C=O) groups is 2. The zero-order valence-electron chi connectivity index (χ0n) is 15.3. The molecule has 0 bridgehead atoms. The third-order valence-electron chi connectivity index (χ3n) is 4.55. The quantitative estimate of drug-likeness (QED) is 0.795. The molecule has 0 aromatic heterocycles. The lowest BCUT2D eigenvalue weighted by Gasteiger charge is -2.20. The SMILES string of the molecule is Cc1ccc(C2=C(N(C)CCO)C(=O)N(Cc3ccc(F)cc3)C2=O)cc1. The Morgan fingerprint density at radius 2 is 1.63 bits per heavy atom. The molecule has 0 spiro atoms. The van der Waals surface area contributed by atoms with Gasteiger partial charge in [-0.3, -0.25) is 14.5 Å². The second-order valence-electron chi connectivity index (χ2n) is 6.56. The fraction of sp³-hybridized carbons (Fsp3) is 0.238. The summed E-state index contributed by atoms with van der Waals surface area (Å²) in [5.74, 6) is -1.19. The molecule has 2 aromatic rings. The highest BCUT2D eigenvalue weighted by atomic mass is 19.1. The maximum atomic E-state index is 13.1. The van der Waals surface area contributed by atoms with Crippen LogP contribution in [0.15, 0.2) is 54.2 Å². The van der Waals surface area contributed by atoms with Crippen LogP contribution in [0, 0.1) is 12.7 Å². The minimum Gasteiger partial charge on any atom is -0.395 e. The normalized spacial score (nSPS) is 14.3. The first-order chi connectivity index (χ1) is 12.9. The van der Waals surface area contributed by atoms with Gasteiger partial charge in [-0.25, -0.2) is 4.39 Å². The number of rotatable bonds is 6. The number of aliphatic hydroxyl groups excluding tert-OH is 1. The van der Waals surface area contributed by atoms with Crippen molar-refractivity contribution in [2.45, 2.75) is 13.5 Å². The maximum Gasteiger partial charge on any atom is 0.278 e. The van der Waals surface area contributed by atoms with Crippen molar-refractivity contribution in [2.75, 3.05) is 20.2 Å². The maximum absolute atomic E-state index is 13.1. The van der Waals surface area contributed by atoms with Crippen molar-refractivity contribution in [1.29, 1.82) is 0 Å². The Balaban J connectivity index is 1.99. The Bertz CT molecular complexity index is 889. The molecule has 1 aliphatic rings. The van der Waals surface area contributed by atoms with Gasteiger partial charge < -0.3 is 10.0 Å². The van der Waals surface area contributed by atoms with E-state index in [2.05, 4.69) is 0 Å². The number of likely N-dealkylation sites (N-methyl/N-ethyl adjacent to an activating group) is 1. The predicted octanol–water partition coefficient (Wildman–Crippen LogP) is 2.34. The van der Waals surface area contributed by atoms with Gasteiger partial charge in [0.1, 0.15) is 11.5 Å². The van der Waals surface area contributed by atoms with Crippen molar-refractivity contribution in [1.82, 2.24) is 9.80 Å². The number of amides is 2. The van der Waals surface area contributed by atoms with Crippen LogP contribution >= 0.6 is 0 Å². The summed E-state index contributed by atoms with van der Waals surface area (Å²) in [5, 5.41) is 9.26. The summed E-state index contributed by atoms with van der Waals surface area (Å²) in [5.41, 5.74) is 2.94. The summed E-state index contributed by atoms with van der Waals surface area (Å²) in [6, 6.07) is 13.1. The van der Waals surface area contributed by atoms with Gasteiger partial charge in [-0.15, -0.1) is 0 Å². The highest BCUT2D eigenvalue weighted by Crippen LogP contribution is 2.32. The first kappa shape index (κ1) is 18.8. The van der Waals surface area contributed by atoms with Crippen LogP contribution in [0.4, 0.5) is 4.39 Å². The van der Waals surface area contributed by atoms with E-state index in [9.17, 15) is 19.1 Å². The van der Waals surface area contributed by atoms with E-state index in [1.165, 1.54) is 12.1 Å². The van der Waals surface area contributed by atoms with Gasteiger partial charge in [-0.2, -0.15) is 0 Å². The second-order valence-corrected chi connectivity index (χ2v) is 6.56. The van der Waals surface area contributed by atoms with Gasteiger partial charge in [-0.1, -0.05) is 42.0 Å². The van der Waals surface area contributed by atoms with Gasteiger partial charge in [0.05, 0.1) is 18.7 Å². The van der Waals surface area contributed by atoms with Gasteiger partial charge in [-0.05, 0) is 30.2 Å². The molecule has 2 amide bonds. The molecule has 2 aromatic carbocycles. The van der Waals surface area contributed by atoms with Crippen molar-refractivity contribution in [2.24, 2.45) is 0 Å². The van der Waals surface area contributed by atoms with Crippen molar-refractivity contribution >= 4 is 17.4 Å². The van der Waals surface area contributed by atoms with E-state index in [4.69, 9.17) is 0 Å². The molecule has 0 atom stereocenters. The summed E-state index contributed by atoms with van der Waals surface area (Å²) in [6.07, 6.45) is 0. The highest BCUT2D eigenvalue weighted by Gasteiger charge is 2.40. The Kier molecular flexibility index (Phi) is 5.37. The van der Waals surface area contributed by atoms with Crippen LogP contribution in [0.1, 0.15) is 16.7 Å². The molecule has 5 nitrogen and oxygen atoms in total. The van der Waals surface area contributed by atoms with E-state index >= 15 is 0 Å². The topological polar surface area (TPSA) is 60.9 Å². The molecule has 0 saturated carbocycles. The molecule has 1 heterocycles. The molecule has 27 heavy (non-hydrogen) atoms. The van der Waals surface area contributed by atoms with Crippen LogP contribution in [-0.4, -0.2) is 46.9 Å². The van der Waals surface area contributed by atoms with E-state index in [1.807, 2.05) is 31.2 Å². The molecule has 0 aliphatic carbocycles. The summed E-state index contributed by atoms with van der Waals surface area (Å²) >= 11 is 0. The molecule has 0 saturated heterocycles. The van der Waals surface area contributed by atoms with Crippen molar-refractivity contribution in [3.8, 4) is 0 Å². The number of aryl methyl sites for hydroxylation is 1. The number of imide groups is 1. The van der Waals surface area contributed by atoms with E-state index in [0.717, 1.165) is 10.5 Å². The van der Waals surface area contributed by atoms with E-state index < -0.39 is 11.8 Å². The fourth-order valence-corrected chi connectivity index (χ4v) is 3.08. The molecule has 1 aliphatic heterocycles. The molecule has 140 valence electrons. The largest absolute Gasteiger partial charge is 0.395 e. The monoisotopic (exact) mass is 368 g/mol. The summed E-state index contributed by atoms with van der Waals surface area (Å²) in [7, 11) is 1.67. The molecule has 0 radical (unpaired) electrons. The zero-order valence-corrected chi connectivity index (χ0v) is 15.3. The number of hydrogen-bond donors (Lipinski definition) is 1. The Hall–Kier alpha value is -2.99. The Labute approximate surface area is 157 Å². The minimum atomic E-state index is -0.421. The molecule has 0 fully saturated rings. The van der Waals surface area contributed by atoms with E-state index in [1.54, 1.807) is 24.1 Å². The third kappa shape index (κ3) is 3.75. The first-order valence-electron chi connectivity index (χ1n) is 8.66. The number of hydrogen-bond acceptors (Lipinski definition) is 4. The minimum absolute atomic E-state index is 0.0593. The van der Waals surface area contributed by atoms with Gasteiger partial charge in [0.2, 0.25) is 0 Å². The lowest BCUT2D eigenvalue weighted by atomic mass is 10.0.